The van der Waals surface area contributed by atoms with Gasteiger partial charge >= 0.3 is 0 Å². The molecular weight excluding hydrogens is 262 g/mol. The van der Waals surface area contributed by atoms with Gasteiger partial charge in [0.05, 0.1) is 24.2 Å². The second-order valence-corrected chi connectivity index (χ2v) is 6.63. The van der Waals surface area contributed by atoms with E-state index < -0.39 is 9.84 Å². The molecule has 1 rings (SSSR count). The molecule has 0 radical (unpaired) electrons. The molecule has 1 aromatic carbocycles. The molecule has 0 amide bonds. The minimum Gasteiger partial charge on any atom is -0.495 e. The second-order valence-electron chi connectivity index (χ2n) is 4.45. The Morgan fingerprint density at radius 3 is 2.63 bits per heavy atom. The van der Waals surface area contributed by atoms with E-state index in [4.69, 9.17) is 10.00 Å². The molecule has 0 saturated heterocycles. The van der Waals surface area contributed by atoms with Crippen LogP contribution in [0.5, 0.6) is 5.75 Å². The van der Waals surface area contributed by atoms with Crippen LogP contribution in [0.1, 0.15) is 37.3 Å². The molecule has 0 atom stereocenters. The van der Waals surface area contributed by atoms with Crippen LogP contribution in [0.25, 0.3) is 0 Å². The molecule has 19 heavy (non-hydrogen) atoms. The highest BCUT2D eigenvalue weighted by Crippen LogP contribution is 2.21. The number of benzene rings is 1. The Morgan fingerprint density at radius 1 is 1.32 bits per heavy atom. The number of ether oxygens (including phenoxy) is 1. The first-order valence-electron chi connectivity index (χ1n) is 6.30. The predicted octanol–water partition coefficient (Wildman–Crippen LogP) is 2.67. The Kier molecular flexibility index (Phi) is 5.84. The fourth-order valence-corrected chi connectivity index (χ4v) is 3.29. The molecule has 0 aliphatic rings. The normalized spacial score (nSPS) is 11.0. The van der Waals surface area contributed by atoms with Crippen molar-refractivity contribution in [3.63, 3.8) is 0 Å². The average Bonchev–Trinajstić information content (AvgIpc) is 2.38. The fraction of sp³-hybridized carbons (Fsp3) is 0.500. The van der Waals surface area contributed by atoms with Gasteiger partial charge in [-0.25, -0.2) is 8.42 Å². The number of hydrogen-bond acceptors (Lipinski definition) is 4. The molecular formula is C14H19NO3S. The SMILES string of the molecule is CCCCCS(=O)(=O)Cc1ccc(C#N)c(OC)c1. The fourth-order valence-electron chi connectivity index (χ4n) is 1.82. The maximum Gasteiger partial charge on any atom is 0.154 e. The molecule has 0 aliphatic heterocycles. The molecule has 0 unspecified atom stereocenters. The van der Waals surface area contributed by atoms with Crippen LogP contribution in [0.15, 0.2) is 18.2 Å². The van der Waals surface area contributed by atoms with Crippen molar-refractivity contribution in [2.75, 3.05) is 12.9 Å². The van der Waals surface area contributed by atoms with E-state index in [1.54, 1.807) is 18.2 Å². The third-order valence-electron chi connectivity index (χ3n) is 2.83. The summed E-state index contributed by atoms with van der Waals surface area (Å²) in [5.74, 6) is 0.630. The topological polar surface area (TPSA) is 67.2 Å². The third-order valence-corrected chi connectivity index (χ3v) is 4.52. The van der Waals surface area contributed by atoms with E-state index in [9.17, 15) is 8.42 Å². The Labute approximate surface area is 114 Å². The number of nitrogens with zero attached hydrogens (tertiary/aromatic N) is 1. The summed E-state index contributed by atoms with van der Waals surface area (Å²) < 4.78 is 28.9. The molecule has 0 spiro atoms. The lowest BCUT2D eigenvalue weighted by atomic mass is 10.1. The van der Waals surface area contributed by atoms with Gasteiger partial charge in [0.1, 0.15) is 11.8 Å². The van der Waals surface area contributed by atoms with Crippen LogP contribution >= 0.6 is 0 Å². The molecule has 5 heteroatoms. The molecule has 1 aromatic rings. The summed E-state index contributed by atoms with van der Waals surface area (Å²) in [6.07, 6.45) is 2.63. The predicted molar refractivity (Wildman–Crippen MR) is 74.7 cm³/mol. The van der Waals surface area contributed by atoms with E-state index in [0.29, 0.717) is 23.3 Å². The largest absolute Gasteiger partial charge is 0.495 e. The van der Waals surface area contributed by atoms with Crippen molar-refractivity contribution in [2.24, 2.45) is 0 Å². The van der Waals surface area contributed by atoms with Crippen molar-refractivity contribution < 1.29 is 13.2 Å². The van der Waals surface area contributed by atoms with Crippen LogP contribution in [0.3, 0.4) is 0 Å². The van der Waals surface area contributed by atoms with Gasteiger partial charge in [0.2, 0.25) is 0 Å². The average molecular weight is 281 g/mol. The van der Waals surface area contributed by atoms with Crippen molar-refractivity contribution in [1.29, 1.82) is 5.26 Å². The van der Waals surface area contributed by atoms with Crippen molar-refractivity contribution in [1.82, 2.24) is 0 Å². The second kappa shape index (κ2) is 7.15. The molecule has 104 valence electrons. The number of methoxy groups -OCH3 is 1. The quantitative estimate of drug-likeness (QED) is 0.721. The summed E-state index contributed by atoms with van der Waals surface area (Å²) in [4.78, 5) is 0. The number of nitriles is 1. The van der Waals surface area contributed by atoms with E-state index in [2.05, 4.69) is 0 Å². The summed E-state index contributed by atoms with van der Waals surface area (Å²) in [6, 6.07) is 6.88. The van der Waals surface area contributed by atoms with Gasteiger partial charge in [-0.05, 0) is 24.1 Å². The maximum absolute atomic E-state index is 11.9. The molecule has 0 aliphatic carbocycles. The first-order chi connectivity index (χ1) is 9.02. The van der Waals surface area contributed by atoms with Gasteiger partial charge < -0.3 is 4.74 Å². The lowest BCUT2D eigenvalue weighted by Gasteiger charge is -2.07. The molecule has 0 fully saturated rings. The Morgan fingerprint density at radius 2 is 2.05 bits per heavy atom. The summed E-state index contributed by atoms with van der Waals surface area (Å²) in [5.41, 5.74) is 1.07. The zero-order chi connectivity index (χ0) is 14.3. The first-order valence-corrected chi connectivity index (χ1v) is 8.12. The summed E-state index contributed by atoms with van der Waals surface area (Å²) in [6.45, 7) is 2.04. The molecule has 0 aromatic heterocycles. The number of hydrogen-bond donors (Lipinski definition) is 0. The lowest BCUT2D eigenvalue weighted by molar-refractivity contribution is 0.413. The van der Waals surface area contributed by atoms with Crippen molar-refractivity contribution in [2.45, 2.75) is 31.9 Å². The number of unbranched alkanes of at least 4 members (excludes halogenated alkanes) is 2. The van der Waals surface area contributed by atoms with Crippen LogP contribution in [0.2, 0.25) is 0 Å². The van der Waals surface area contributed by atoms with E-state index >= 15 is 0 Å². The van der Waals surface area contributed by atoms with Crippen LogP contribution in [-0.4, -0.2) is 21.3 Å². The van der Waals surface area contributed by atoms with Gasteiger partial charge in [0.15, 0.2) is 9.84 Å². The molecule has 4 nitrogen and oxygen atoms in total. The van der Waals surface area contributed by atoms with Gasteiger partial charge in [-0.2, -0.15) is 5.26 Å². The van der Waals surface area contributed by atoms with Gasteiger partial charge in [0.25, 0.3) is 0 Å². The number of rotatable bonds is 7. The van der Waals surface area contributed by atoms with E-state index in [0.717, 1.165) is 12.8 Å². The van der Waals surface area contributed by atoms with Gasteiger partial charge in [-0.3, -0.25) is 0 Å². The Balaban J connectivity index is 2.80. The zero-order valence-corrected chi connectivity index (χ0v) is 12.2. The number of sulfone groups is 1. The Hall–Kier alpha value is -1.54. The van der Waals surface area contributed by atoms with Gasteiger partial charge in [-0.1, -0.05) is 25.8 Å². The highest BCUT2D eigenvalue weighted by Gasteiger charge is 2.13. The zero-order valence-electron chi connectivity index (χ0n) is 11.3. The van der Waals surface area contributed by atoms with Crippen molar-refractivity contribution >= 4 is 9.84 Å². The standard InChI is InChI=1S/C14H19NO3S/c1-3-4-5-8-19(16,17)11-12-6-7-13(10-15)14(9-12)18-2/h6-7,9H,3-5,8,11H2,1-2H3. The smallest absolute Gasteiger partial charge is 0.154 e. The van der Waals surface area contributed by atoms with Crippen molar-refractivity contribution in [3.8, 4) is 11.8 Å². The van der Waals surface area contributed by atoms with Crippen molar-refractivity contribution in [3.05, 3.63) is 29.3 Å². The van der Waals surface area contributed by atoms with E-state index in [1.807, 2.05) is 13.0 Å². The van der Waals surface area contributed by atoms with Crippen LogP contribution in [0.4, 0.5) is 0 Å². The lowest BCUT2D eigenvalue weighted by Crippen LogP contribution is -2.09. The van der Waals surface area contributed by atoms with E-state index in [-0.39, 0.29) is 11.5 Å². The van der Waals surface area contributed by atoms with Gasteiger partial charge in [0, 0.05) is 0 Å². The highest BCUT2D eigenvalue weighted by molar-refractivity contribution is 7.90. The summed E-state index contributed by atoms with van der Waals surface area (Å²) >= 11 is 0. The van der Waals surface area contributed by atoms with Gasteiger partial charge in [-0.15, -0.1) is 0 Å². The van der Waals surface area contributed by atoms with Crippen LogP contribution < -0.4 is 4.74 Å². The molecule has 0 heterocycles. The van der Waals surface area contributed by atoms with Crippen LogP contribution in [-0.2, 0) is 15.6 Å². The van der Waals surface area contributed by atoms with E-state index in [1.165, 1.54) is 7.11 Å². The first kappa shape index (κ1) is 15.5. The Bertz CT molecular complexity index is 559. The molecule has 0 N–H and O–H groups in total. The molecule has 0 bridgehead atoms. The monoisotopic (exact) mass is 281 g/mol. The maximum atomic E-state index is 11.9. The third kappa shape index (κ3) is 4.92. The molecule has 0 saturated carbocycles. The van der Waals surface area contributed by atoms with Crippen LogP contribution in [0, 0.1) is 11.3 Å². The minimum absolute atomic E-state index is 0.00121. The minimum atomic E-state index is -3.09. The summed E-state index contributed by atoms with van der Waals surface area (Å²) in [7, 11) is -1.62. The highest BCUT2D eigenvalue weighted by atomic mass is 32.2. The summed E-state index contributed by atoms with van der Waals surface area (Å²) in [5, 5.41) is 8.87.